The van der Waals surface area contributed by atoms with Crippen LogP contribution in [0.3, 0.4) is 0 Å². The average Bonchev–Trinajstić information content (AvgIpc) is 3.74. The number of likely N-dealkylation sites (N-methyl/N-ethyl adjacent to an activating group) is 1. The number of nitrogens with zero attached hydrogens (tertiary/aromatic N) is 1. The summed E-state index contributed by atoms with van der Waals surface area (Å²) in [6.07, 6.45) is 43.1. The number of hydrogen-bond acceptors (Lipinski definition) is 12. The predicted molar refractivity (Wildman–Crippen MR) is 280 cm³/mol. The molecule has 69 heavy (non-hydrogen) atoms. The first-order valence-corrected chi connectivity index (χ1v) is 27.6. The monoisotopic (exact) mass is 981 g/mol. The number of aliphatic hydroxyl groups excluding tert-OH is 5. The highest BCUT2D eigenvalue weighted by atomic mass is 16.7. The van der Waals surface area contributed by atoms with Crippen LogP contribution >= 0.6 is 0 Å². The smallest absolute Gasteiger partial charge is 0.234 e. The predicted octanol–water partition coefficient (Wildman–Crippen LogP) is 9.63. The fourth-order valence-electron chi connectivity index (χ4n) is 8.30. The van der Waals surface area contributed by atoms with Gasteiger partial charge in [-0.2, -0.15) is 0 Å². The van der Waals surface area contributed by atoms with Crippen LogP contribution in [0.5, 0.6) is 0 Å². The lowest BCUT2D eigenvalue weighted by atomic mass is 9.97. The van der Waals surface area contributed by atoms with Crippen molar-refractivity contribution in [2.75, 3.05) is 72.9 Å². The summed E-state index contributed by atoms with van der Waals surface area (Å²) in [5.74, 6) is -1.31. The number of carbonyl (C=O) groups excluding carboxylic acids is 1. The Morgan fingerprint density at radius 3 is 1.61 bits per heavy atom. The molecule has 0 aliphatic carbocycles. The van der Waals surface area contributed by atoms with Crippen LogP contribution in [0.1, 0.15) is 188 Å². The molecule has 13 heteroatoms. The van der Waals surface area contributed by atoms with E-state index in [1.165, 1.54) is 135 Å². The third kappa shape index (κ3) is 36.5. The molecular weight excluding hydrogens is 877 g/mol. The van der Waals surface area contributed by atoms with Gasteiger partial charge in [0.15, 0.2) is 12.1 Å². The molecule has 1 fully saturated rings. The minimum absolute atomic E-state index is 0.0628. The minimum Gasteiger partial charge on any atom is -0.396 e. The average molecular weight is 981 g/mol. The van der Waals surface area contributed by atoms with Crippen molar-refractivity contribution in [3.8, 4) is 0 Å². The van der Waals surface area contributed by atoms with Crippen molar-refractivity contribution in [1.29, 1.82) is 0 Å². The van der Waals surface area contributed by atoms with E-state index in [-0.39, 0.29) is 51.6 Å². The summed E-state index contributed by atoms with van der Waals surface area (Å²) in [4.78, 5) is 14.7. The van der Waals surface area contributed by atoms with Crippen molar-refractivity contribution >= 4 is 5.91 Å². The van der Waals surface area contributed by atoms with Gasteiger partial charge in [-0.05, 0) is 84.1 Å². The molecule has 2 unspecified atom stereocenters. The van der Waals surface area contributed by atoms with Crippen LogP contribution < -0.4 is 5.32 Å². The van der Waals surface area contributed by atoms with Gasteiger partial charge in [0.1, 0.15) is 12.2 Å². The highest BCUT2D eigenvalue weighted by molar-refractivity contribution is 5.77. The van der Waals surface area contributed by atoms with Crippen LogP contribution in [0.4, 0.5) is 0 Å². The summed E-state index contributed by atoms with van der Waals surface area (Å²) in [6, 6.07) is 0. The zero-order valence-corrected chi connectivity index (χ0v) is 44.2. The van der Waals surface area contributed by atoms with E-state index in [9.17, 15) is 25.2 Å². The van der Waals surface area contributed by atoms with Gasteiger partial charge >= 0.3 is 0 Å². The molecule has 1 aliphatic heterocycles. The van der Waals surface area contributed by atoms with E-state index < -0.39 is 36.3 Å². The third-order valence-electron chi connectivity index (χ3n) is 12.7. The summed E-state index contributed by atoms with van der Waals surface area (Å²) in [5, 5.41) is 51.9. The van der Waals surface area contributed by atoms with Crippen molar-refractivity contribution in [2.24, 2.45) is 5.92 Å². The van der Waals surface area contributed by atoms with E-state index in [1.54, 1.807) is 0 Å². The van der Waals surface area contributed by atoms with Gasteiger partial charge in [-0.1, -0.05) is 146 Å². The first kappa shape index (κ1) is 65.0. The molecule has 6 atom stereocenters. The van der Waals surface area contributed by atoms with Gasteiger partial charge in [0.05, 0.1) is 58.4 Å². The number of carbonyl (C=O) groups is 1. The first-order valence-electron chi connectivity index (χ1n) is 27.6. The van der Waals surface area contributed by atoms with Crippen molar-refractivity contribution in [3.05, 3.63) is 48.6 Å². The first-order chi connectivity index (χ1) is 33.6. The normalized spacial score (nSPS) is 17.6. The zero-order chi connectivity index (χ0) is 50.5. The van der Waals surface area contributed by atoms with E-state index in [1.807, 2.05) is 11.9 Å². The molecule has 0 saturated carbocycles. The molecule has 1 saturated heterocycles. The topological polar surface area (TPSA) is 180 Å². The third-order valence-corrected chi connectivity index (χ3v) is 12.7. The van der Waals surface area contributed by atoms with Gasteiger partial charge < -0.3 is 54.5 Å². The number of aliphatic hydroxyl groups is 5. The van der Waals surface area contributed by atoms with Crippen molar-refractivity contribution in [2.45, 2.75) is 224 Å². The SMILES string of the molecule is CCCCC/C=C\C/C=C\CCCCCCCCC1(CCCCCCCC/C=C\C/C=C\CCCCC)OC[C@H](CN(C)CC(=O)NCCOCCOCCO[C@H](O)[C@H](O)C(O)[C@H](O)C(C)CO)O1. The molecule has 13 nitrogen and oxygen atoms in total. The van der Waals surface area contributed by atoms with E-state index in [0.717, 1.165) is 38.5 Å². The lowest BCUT2D eigenvalue weighted by Crippen LogP contribution is -2.48. The summed E-state index contributed by atoms with van der Waals surface area (Å²) in [6.45, 7) is 8.27. The van der Waals surface area contributed by atoms with Crippen LogP contribution in [0.2, 0.25) is 0 Å². The van der Waals surface area contributed by atoms with Gasteiger partial charge in [0, 0.05) is 38.5 Å². The Balaban J connectivity index is 2.37. The van der Waals surface area contributed by atoms with Crippen LogP contribution in [-0.2, 0) is 28.5 Å². The Kier molecular flexibility index (Phi) is 43.2. The molecule has 1 amide bonds. The molecule has 0 spiro atoms. The van der Waals surface area contributed by atoms with E-state index >= 15 is 0 Å². The van der Waals surface area contributed by atoms with E-state index in [0.29, 0.717) is 26.3 Å². The van der Waals surface area contributed by atoms with Crippen LogP contribution in [0, 0.1) is 5.92 Å². The summed E-state index contributed by atoms with van der Waals surface area (Å²) in [7, 11) is 1.94. The van der Waals surface area contributed by atoms with Crippen molar-refractivity contribution in [3.63, 3.8) is 0 Å². The molecule has 6 N–H and O–H groups in total. The fourth-order valence-corrected chi connectivity index (χ4v) is 8.30. The van der Waals surface area contributed by atoms with Crippen LogP contribution in [0.15, 0.2) is 48.6 Å². The molecule has 1 rings (SSSR count). The second-order valence-corrected chi connectivity index (χ2v) is 19.3. The molecular formula is C56H104N2O11. The Labute approximate surface area is 420 Å². The Morgan fingerprint density at radius 2 is 1.10 bits per heavy atom. The number of hydrogen-bond donors (Lipinski definition) is 6. The number of nitrogens with one attached hydrogen (secondary N) is 1. The maximum atomic E-state index is 12.7. The number of rotatable bonds is 49. The Hall–Kier alpha value is -2.01. The molecule has 0 aromatic carbocycles. The largest absolute Gasteiger partial charge is 0.396 e. The standard InChI is InChI=1S/C56H104N2O11/c1-5-7-9-11-13-15-17-19-21-23-25-27-29-31-33-35-37-56(38-36-34-32-30-28-26-24-22-20-18-16-14-12-10-8-6-2)68-48-50(69-56)45-58(4)46-51(60)57-39-40-65-41-42-66-43-44-67-55(64)54(63)53(62)52(61)49(3)47-59/h13-16,19-22,49-50,52-55,59,61-64H,5-12,17-18,23-48H2,1-4H3,(H,57,60)/b15-13-,16-14-,21-19-,22-20-/t49?,50-,52+,53?,54+,55-/m0/s1. The molecule has 0 aromatic heterocycles. The lowest BCUT2D eigenvalue weighted by molar-refractivity contribution is -0.210. The quantitative estimate of drug-likeness (QED) is 0.0194. The van der Waals surface area contributed by atoms with Crippen LogP contribution in [-0.4, -0.2) is 146 Å². The molecule has 1 aliphatic rings. The highest BCUT2D eigenvalue weighted by Crippen LogP contribution is 2.35. The number of amides is 1. The Bertz CT molecular complexity index is 1230. The molecule has 1 heterocycles. The maximum Gasteiger partial charge on any atom is 0.234 e. The molecule has 404 valence electrons. The minimum atomic E-state index is -1.75. The van der Waals surface area contributed by atoms with Crippen molar-refractivity contribution < 1.29 is 54.0 Å². The molecule has 0 aromatic rings. The maximum absolute atomic E-state index is 12.7. The number of ether oxygens (including phenoxy) is 5. The fraction of sp³-hybridized carbons (Fsp3) is 0.839. The van der Waals surface area contributed by atoms with Gasteiger partial charge in [0.25, 0.3) is 0 Å². The zero-order valence-electron chi connectivity index (χ0n) is 44.2. The summed E-state index contributed by atoms with van der Waals surface area (Å²) >= 11 is 0. The van der Waals surface area contributed by atoms with Gasteiger partial charge in [0.2, 0.25) is 5.91 Å². The summed E-state index contributed by atoms with van der Waals surface area (Å²) < 4.78 is 29.3. The van der Waals surface area contributed by atoms with Crippen LogP contribution in [0.25, 0.3) is 0 Å². The van der Waals surface area contributed by atoms with E-state index in [4.69, 9.17) is 28.8 Å². The molecule has 0 radical (unpaired) electrons. The number of allylic oxidation sites excluding steroid dienone is 8. The number of unbranched alkanes of at least 4 members (excludes halogenated alkanes) is 18. The lowest BCUT2D eigenvalue weighted by Gasteiger charge is -2.29. The van der Waals surface area contributed by atoms with Gasteiger partial charge in [-0.25, -0.2) is 0 Å². The van der Waals surface area contributed by atoms with Gasteiger partial charge in [-0.15, -0.1) is 0 Å². The second kappa shape index (κ2) is 45.8. The Morgan fingerprint density at radius 1 is 0.638 bits per heavy atom. The molecule has 0 bridgehead atoms. The van der Waals surface area contributed by atoms with E-state index in [2.05, 4.69) is 67.8 Å². The highest BCUT2D eigenvalue weighted by Gasteiger charge is 2.41. The summed E-state index contributed by atoms with van der Waals surface area (Å²) in [5.41, 5.74) is 0. The van der Waals surface area contributed by atoms with Crippen molar-refractivity contribution in [1.82, 2.24) is 10.2 Å². The second-order valence-electron chi connectivity index (χ2n) is 19.3. The van der Waals surface area contributed by atoms with Gasteiger partial charge in [-0.3, -0.25) is 9.69 Å².